The molecule has 2 N–H and O–H groups in total. The number of aliphatic hydroxyl groups excluding tert-OH is 1. The molecule has 0 spiro atoms. The summed E-state index contributed by atoms with van der Waals surface area (Å²) >= 11 is 0. The molecule has 0 aliphatic heterocycles. The summed E-state index contributed by atoms with van der Waals surface area (Å²) in [6.45, 7) is 3.14. The van der Waals surface area contributed by atoms with Crippen molar-refractivity contribution in [1.82, 2.24) is 5.32 Å². The minimum atomic E-state index is -0.467. The van der Waals surface area contributed by atoms with Gasteiger partial charge in [-0.15, -0.1) is 0 Å². The van der Waals surface area contributed by atoms with Crippen molar-refractivity contribution >= 4 is 5.97 Å². The maximum absolute atomic E-state index is 11.1. The van der Waals surface area contributed by atoms with E-state index >= 15 is 0 Å². The fourth-order valence-electron chi connectivity index (χ4n) is 1.42. The van der Waals surface area contributed by atoms with Gasteiger partial charge >= 0.3 is 5.97 Å². The van der Waals surface area contributed by atoms with Gasteiger partial charge in [0.05, 0.1) is 19.8 Å². The lowest BCUT2D eigenvalue weighted by Gasteiger charge is -2.04. The molecule has 1 heterocycles. The molecular weight excluding hydrogens is 222 g/mol. The molecule has 1 atom stereocenters. The smallest absolute Gasteiger partial charge is 0.373 e. The predicted octanol–water partition coefficient (Wildman–Crippen LogP) is 1.32. The molecule has 1 aromatic rings. The molecule has 0 saturated carbocycles. The van der Waals surface area contributed by atoms with Gasteiger partial charge in [0.15, 0.2) is 0 Å². The van der Waals surface area contributed by atoms with E-state index in [1.165, 1.54) is 7.11 Å². The van der Waals surface area contributed by atoms with E-state index in [-0.39, 0.29) is 11.9 Å². The molecule has 0 bridgehead atoms. The quantitative estimate of drug-likeness (QED) is 0.556. The van der Waals surface area contributed by atoms with Gasteiger partial charge < -0.3 is 19.6 Å². The predicted molar refractivity (Wildman–Crippen MR) is 62.7 cm³/mol. The number of rotatable bonds is 7. The number of ether oxygens (including phenoxy) is 1. The molecule has 0 aliphatic carbocycles. The van der Waals surface area contributed by atoms with Crippen LogP contribution in [0.4, 0.5) is 0 Å². The molecule has 1 aromatic heterocycles. The van der Waals surface area contributed by atoms with Gasteiger partial charge in [0.1, 0.15) is 5.76 Å². The van der Waals surface area contributed by atoms with Crippen LogP contribution in [0.2, 0.25) is 0 Å². The number of carbonyl (C=O) groups excluding carboxylic acids is 1. The van der Waals surface area contributed by atoms with E-state index in [2.05, 4.69) is 10.1 Å². The molecule has 96 valence electrons. The van der Waals surface area contributed by atoms with Crippen molar-refractivity contribution in [2.45, 2.75) is 32.4 Å². The lowest BCUT2D eigenvalue weighted by Crippen LogP contribution is -2.15. The Balaban J connectivity index is 2.23. The van der Waals surface area contributed by atoms with E-state index in [1.54, 1.807) is 19.1 Å². The van der Waals surface area contributed by atoms with Crippen molar-refractivity contribution in [1.29, 1.82) is 0 Å². The van der Waals surface area contributed by atoms with E-state index < -0.39 is 5.97 Å². The van der Waals surface area contributed by atoms with Crippen LogP contribution in [0.25, 0.3) is 0 Å². The molecule has 5 nitrogen and oxygen atoms in total. The molecule has 0 fully saturated rings. The Hall–Kier alpha value is -1.33. The molecule has 0 amide bonds. The fraction of sp³-hybridized carbons (Fsp3) is 0.583. The van der Waals surface area contributed by atoms with Gasteiger partial charge in [0, 0.05) is 0 Å². The third kappa shape index (κ3) is 5.01. The summed E-state index contributed by atoms with van der Waals surface area (Å²) in [7, 11) is 1.32. The minimum Gasteiger partial charge on any atom is -0.463 e. The summed E-state index contributed by atoms with van der Waals surface area (Å²) in [5.41, 5.74) is 0. The lowest BCUT2D eigenvalue weighted by atomic mass is 10.2. The Morgan fingerprint density at radius 3 is 3.00 bits per heavy atom. The number of hydrogen-bond acceptors (Lipinski definition) is 5. The van der Waals surface area contributed by atoms with Crippen LogP contribution in [0.3, 0.4) is 0 Å². The molecular formula is C12H19NO4. The van der Waals surface area contributed by atoms with Crippen molar-refractivity contribution in [3.05, 3.63) is 23.7 Å². The second-order valence-electron chi connectivity index (χ2n) is 3.93. The van der Waals surface area contributed by atoms with Crippen LogP contribution >= 0.6 is 0 Å². The van der Waals surface area contributed by atoms with Crippen molar-refractivity contribution in [2.75, 3.05) is 13.7 Å². The van der Waals surface area contributed by atoms with Gasteiger partial charge in [-0.3, -0.25) is 0 Å². The molecule has 1 rings (SSSR count). The van der Waals surface area contributed by atoms with Crippen LogP contribution in [0.5, 0.6) is 0 Å². The monoisotopic (exact) mass is 241 g/mol. The summed E-state index contributed by atoms with van der Waals surface area (Å²) in [4.78, 5) is 11.1. The third-order valence-corrected chi connectivity index (χ3v) is 2.32. The highest BCUT2D eigenvalue weighted by atomic mass is 16.5. The SMILES string of the molecule is COC(=O)c1ccc(CNCCCC(C)O)o1. The van der Waals surface area contributed by atoms with E-state index in [0.29, 0.717) is 12.3 Å². The first-order chi connectivity index (χ1) is 8.13. The lowest BCUT2D eigenvalue weighted by molar-refractivity contribution is 0.0563. The number of nitrogens with one attached hydrogen (secondary N) is 1. The number of furan rings is 1. The van der Waals surface area contributed by atoms with Gasteiger partial charge in [0.25, 0.3) is 0 Å². The van der Waals surface area contributed by atoms with Gasteiger partial charge in [-0.25, -0.2) is 4.79 Å². The number of esters is 1. The topological polar surface area (TPSA) is 71.7 Å². The van der Waals surface area contributed by atoms with Crippen molar-refractivity contribution in [3.63, 3.8) is 0 Å². The molecule has 0 saturated heterocycles. The summed E-state index contributed by atoms with van der Waals surface area (Å²) in [5.74, 6) is 0.445. The van der Waals surface area contributed by atoms with Crippen LogP contribution in [0.15, 0.2) is 16.5 Å². The number of carbonyl (C=O) groups is 1. The van der Waals surface area contributed by atoms with Crippen LogP contribution in [-0.4, -0.2) is 30.8 Å². The summed E-state index contributed by atoms with van der Waals surface area (Å²) < 4.78 is 9.82. The Kier molecular flexibility index (Phi) is 5.72. The fourth-order valence-corrected chi connectivity index (χ4v) is 1.42. The maximum atomic E-state index is 11.1. The van der Waals surface area contributed by atoms with Crippen molar-refractivity contribution in [3.8, 4) is 0 Å². The Bertz CT molecular complexity index is 346. The Labute approximate surface area is 101 Å². The highest BCUT2D eigenvalue weighted by molar-refractivity contribution is 5.86. The van der Waals surface area contributed by atoms with Gasteiger partial charge in [-0.2, -0.15) is 0 Å². The first-order valence-electron chi connectivity index (χ1n) is 5.69. The van der Waals surface area contributed by atoms with Crippen LogP contribution in [0.1, 0.15) is 36.1 Å². The maximum Gasteiger partial charge on any atom is 0.373 e. The highest BCUT2D eigenvalue weighted by Crippen LogP contribution is 2.08. The normalized spacial score (nSPS) is 12.4. The number of hydrogen-bond donors (Lipinski definition) is 2. The largest absolute Gasteiger partial charge is 0.463 e. The molecule has 17 heavy (non-hydrogen) atoms. The summed E-state index contributed by atoms with van der Waals surface area (Å²) in [5, 5.41) is 12.2. The standard InChI is InChI=1S/C12H19NO4/c1-9(14)4-3-7-13-8-10-5-6-11(17-10)12(15)16-2/h5-6,9,13-14H,3-4,7-8H2,1-2H3. The van der Waals surface area contributed by atoms with Crippen LogP contribution < -0.4 is 5.32 Å². The second-order valence-corrected chi connectivity index (χ2v) is 3.93. The number of methoxy groups -OCH3 is 1. The average molecular weight is 241 g/mol. The highest BCUT2D eigenvalue weighted by Gasteiger charge is 2.10. The molecule has 5 heteroatoms. The zero-order chi connectivity index (χ0) is 12.7. The average Bonchev–Trinajstić information content (AvgIpc) is 2.76. The van der Waals surface area contributed by atoms with Crippen LogP contribution in [-0.2, 0) is 11.3 Å². The van der Waals surface area contributed by atoms with Crippen molar-refractivity contribution < 1.29 is 19.1 Å². The van der Waals surface area contributed by atoms with E-state index in [0.717, 1.165) is 19.4 Å². The second kappa shape index (κ2) is 7.09. The first kappa shape index (κ1) is 13.7. The molecule has 0 aromatic carbocycles. The summed E-state index contributed by atoms with van der Waals surface area (Å²) in [6, 6.07) is 3.34. The number of aliphatic hydroxyl groups is 1. The van der Waals surface area contributed by atoms with Crippen molar-refractivity contribution in [2.24, 2.45) is 0 Å². The van der Waals surface area contributed by atoms with Gasteiger partial charge in [0.2, 0.25) is 5.76 Å². The van der Waals surface area contributed by atoms with Gasteiger partial charge in [-0.1, -0.05) is 0 Å². The third-order valence-electron chi connectivity index (χ3n) is 2.32. The first-order valence-corrected chi connectivity index (χ1v) is 5.69. The summed E-state index contributed by atoms with van der Waals surface area (Å²) in [6.07, 6.45) is 1.42. The minimum absolute atomic E-state index is 0.216. The van der Waals surface area contributed by atoms with E-state index in [4.69, 9.17) is 9.52 Å². The van der Waals surface area contributed by atoms with Crippen LogP contribution in [0, 0.1) is 0 Å². The molecule has 1 unspecified atom stereocenters. The van der Waals surface area contributed by atoms with E-state index in [1.807, 2.05) is 0 Å². The Morgan fingerprint density at radius 1 is 1.59 bits per heavy atom. The molecule has 0 aliphatic rings. The Morgan fingerprint density at radius 2 is 2.35 bits per heavy atom. The van der Waals surface area contributed by atoms with E-state index in [9.17, 15) is 4.79 Å². The molecule has 0 radical (unpaired) electrons. The zero-order valence-corrected chi connectivity index (χ0v) is 10.2. The van der Waals surface area contributed by atoms with Gasteiger partial charge in [-0.05, 0) is 38.4 Å². The zero-order valence-electron chi connectivity index (χ0n) is 10.2.